The molecule has 2 aliphatic rings. The molecule has 0 bridgehead atoms. The maximum Gasteiger partial charge on any atom is 0.223 e. The Balaban J connectivity index is 1.49. The van der Waals surface area contributed by atoms with Crippen molar-refractivity contribution in [3.8, 4) is 0 Å². The van der Waals surface area contributed by atoms with Gasteiger partial charge in [0.1, 0.15) is 5.60 Å². The maximum atomic E-state index is 12.8. The van der Waals surface area contributed by atoms with Crippen molar-refractivity contribution in [3.63, 3.8) is 0 Å². The third-order valence-electron chi connectivity index (χ3n) is 6.11. The average molecular weight is 478 g/mol. The Labute approximate surface area is 199 Å². The Hall–Kier alpha value is -1.63. The van der Waals surface area contributed by atoms with Crippen LogP contribution in [0.4, 0.5) is 0 Å². The maximum absolute atomic E-state index is 12.8. The third-order valence-corrected chi connectivity index (χ3v) is 6.85. The molecule has 2 heterocycles. The largest absolute Gasteiger partial charge is 0.366 e. The fourth-order valence-electron chi connectivity index (χ4n) is 4.37. The lowest BCUT2D eigenvalue weighted by atomic mass is 9.84. The quantitative estimate of drug-likeness (QED) is 0.466. The van der Waals surface area contributed by atoms with E-state index in [2.05, 4.69) is 0 Å². The van der Waals surface area contributed by atoms with Gasteiger partial charge in [-0.2, -0.15) is 0 Å². The van der Waals surface area contributed by atoms with Gasteiger partial charge in [-0.15, -0.1) is 0 Å². The molecule has 1 amide bonds. The van der Waals surface area contributed by atoms with Gasteiger partial charge in [-0.25, -0.2) is 0 Å². The number of hydrogen-bond acceptors (Lipinski definition) is 4. The number of carbonyl (C=O) groups is 1. The van der Waals surface area contributed by atoms with E-state index in [1.165, 1.54) is 0 Å². The normalized spacial score (nSPS) is 24.0. The van der Waals surface area contributed by atoms with Crippen LogP contribution in [0, 0.1) is 0 Å². The zero-order chi connectivity index (χ0) is 22.4. The van der Waals surface area contributed by atoms with Crippen LogP contribution in [0.2, 0.25) is 10.0 Å². The second-order valence-electron chi connectivity index (χ2n) is 8.37. The summed E-state index contributed by atoms with van der Waals surface area (Å²) in [4.78, 5) is 14.6. The lowest BCUT2D eigenvalue weighted by molar-refractivity contribution is -0.184. The fraction of sp³-hybridized carbons (Fsp3) is 0.480. The summed E-state index contributed by atoms with van der Waals surface area (Å²) in [5.74, 6) is 0.125. The number of rotatable bonds is 8. The van der Waals surface area contributed by atoms with Gasteiger partial charge in [0.25, 0.3) is 0 Å². The molecule has 5 nitrogen and oxygen atoms in total. The van der Waals surface area contributed by atoms with Gasteiger partial charge < -0.3 is 19.1 Å². The monoisotopic (exact) mass is 477 g/mol. The molecule has 0 aliphatic carbocycles. The molecule has 2 saturated heterocycles. The summed E-state index contributed by atoms with van der Waals surface area (Å²) < 4.78 is 18.0. The van der Waals surface area contributed by atoms with Crippen molar-refractivity contribution in [2.24, 2.45) is 0 Å². The molecule has 4 rings (SSSR count). The van der Waals surface area contributed by atoms with Crippen LogP contribution in [0.25, 0.3) is 0 Å². The van der Waals surface area contributed by atoms with Gasteiger partial charge in [0.2, 0.25) is 5.91 Å². The third kappa shape index (κ3) is 5.83. The highest BCUT2D eigenvalue weighted by molar-refractivity contribution is 6.42. The van der Waals surface area contributed by atoms with Crippen LogP contribution in [-0.4, -0.2) is 43.5 Å². The van der Waals surface area contributed by atoms with E-state index in [4.69, 9.17) is 37.4 Å². The number of amides is 1. The van der Waals surface area contributed by atoms with Crippen LogP contribution in [0.15, 0.2) is 48.5 Å². The van der Waals surface area contributed by atoms with Gasteiger partial charge in [-0.3, -0.25) is 4.79 Å². The topological polar surface area (TPSA) is 48.0 Å². The molecular formula is C25H29Cl2NO4. The highest BCUT2D eigenvalue weighted by Crippen LogP contribution is 2.39. The lowest BCUT2D eigenvalue weighted by Gasteiger charge is -2.43. The Bertz CT molecular complexity index is 904. The lowest BCUT2D eigenvalue weighted by Crippen LogP contribution is -2.50. The average Bonchev–Trinajstić information content (AvgIpc) is 2.82. The number of piperidine rings is 1. The standard InChI is InChI=1S/C25H29Cl2NO4/c26-21-10-9-20(16-22(21)27)25(32-15-14-31-24-8-4-5-13-30-24)12-11-23(29)28(18-25)17-19-6-2-1-3-7-19/h1-3,6-7,9-10,16,24H,4-5,8,11-15,17-18H2. The first-order chi connectivity index (χ1) is 15.6. The molecule has 2 fully saturated rings. The summed E-state index contributed by atoms with van der Waals surface area (Å²) in [6.45, 7) is 2.56. The van der Waals surface area contributed by atoms with Crippen LogP contribution in [0.1, 0.15) is 43.2 Å². The van der Waals surface area contributed by atoms with Crippen LogP contribution in [0.5, 0.6) is 0 Å². The van der Waals surface area contributed by atoms with Crippen molar-refractivity contribution in [2.75, 3.05) is 26.4 Å². The predicted molar refractivity (Wildman–Crippen MR) is 125 cm³/mol. The van der Waals surface area contributed by atoms with E-state index in [1.807, 2.05) is 47.4 Å². The highest BCUT2D eigenvalue weighted by atomic mass is 35.5. The summed E-state index contributed by atoms with van der Waals surface area (Å²) in [5, 5.41) is 0.974. The molecule has 0 radical (unpaired) electrons. The second-order valence-corrected chi connectivity index (χ2v) is 9.19. The minimum atomic E-state index is -0.673. The second kappa shape index (κ2) is 11.0. The molecule has 2 aromatic rings. The fourth-order valence-corrected chi connectivity index (χ4v) is 4.66. The predicted octanol–water partition coefficient (Wildman–Crippen LogP) is 5.57. The molecular weight excluding hydrogens is 449 g/mol. The molecule has 0 spiro atoms. The highest BCUT2D eigenvalue weighted by Gasteiger charge is 2.41. The van der Waals surface area contributed by atoms with Crippen molar-refractivity contribution >= 4 is 29.1 Å². The first kappa shape index (κ1) is 23.5. The summed E-state index contributed by atoms with van der Waals surface area (Å²) in [5.41, 5.74) is 1.34. The first-order valence-electron chi connectivity index (χ1n) is 11.2. The smallest absolute Gasteiger partial charge is 0.223 e. The van der Waals surface area contributed by atoms with Crippen LogP contribution < -0.4 is 0 Å². The zero-order valence-electron chi connectivity index (χ0n) is 18.1. The molecule has 2 unspecified atom stereocenters. The minimum absolute atomic E-state index is 0.125. The summed E-state index contributed by atoms with van der Waals surface area (Å²) >= 11 is 12.5. The number of benzene rings is 2. The Morgan fingerprint density at radius 3 is 2.66 bits per heavy atom. The van der Waals surface area contributed by atoms with Crippen LogP contribution >= 0.6 is 23.2 Å². The molecule has 7 heteroatoms. The van der Waals surface area contributed by atoms with Gasteiger partial charge in [0.05, 0.1) is 29.8 Å². The zero-order valence-corrected chi connectivity index (χ0v) is 19.6. The molecule has 2 aliphatic heterocycles. The number of nitrogens with zero attached hydrogens (tertiary/aromatic N) is 1. The summed E-state index contributed by atoms with van der Waals surface area (Å²) in [6.07, 6.45) is 3.94. The van der Waals surface area contributed by atoms with Crippen LogP contribution in [0.3, 0.4) is 0 Å². The Kier molecular flexibility index (Phi) is 8.08. The van der Waals surface area contributed by atoms with E-state index < -0.39 is 5.60 Å². The van der Waals surface area contributed by atoms with Crippen LogP contribution in [-0.2, 0) is 31.2 Å². The number of halogens is 2. The SMILES string of the molecule is O=C1CCC(OCCOC2CCCCO2)(c2ccc(Cl)c(Cl)c2)CN1Cc1ccccc1. The van der Waals surface area contributed by atoms with Crippen molar-refractivity contribution < 1.29 is 19.0 Å². The van der Waals surface area contributed by atoms with E-state index in [0.29, 0.717) is 49.2 Å². The van der Waals surface area contributed by atoms with E-state index in [9.17, 15) is 4.79 Å². The summed E-state index contributed by atoms with van der Waals surface area (Å²) in [6, 6.07) is 15.6. The number of hydrogen-bond donors (Lipinski definition) is 0. The van der Waals surface area contributed by atoms with Gasteiger partial charge >= 0.3 is 0 Å². The Morgan fingerprint density at radius 1 is 1.06 bits per heavy atom. The Morgan fingerprint density at radius 2 is 1.91 bits per heavy atom. The molecule has 2 atom stereocenters. The molecule has 0 N–H and O–H groups in total. The van der Waals surface area contributed by atoms with Crippen molar-refractivity contribution in [3.05, 3.63) is 69.7 Å². The molecule has 0 saturated carbocycles. The number of likely N-dealkylation sites (tertiary alicyclic amines) is 1. The first-order valence-corrected chi connectivity index (χ1v) is 12.0. The van der Waals surface area contributed by atoms with E-state index in [1.54, 1.807) is 6.07 Å². The molecule has 32 heavy (non-hydrogen) atoms. The van der Waals surface area contributed by atoms with E-state index in [0.717, 1.165) is 37.0 Å². The number of ether oxygens (including phenoxy) is 3. The van der Waals surface area contributed by atoms with Crippen molar-refractivity contribution in [1.29, 1.82) is 0 Å². The number of carbonyl (C=O) groups excluding carboxylic acids is 1. The molecule has 2 aromatic carbocycles. The summed E-state index contributed by atoms with van der Waals surface area (Å²) in [7, 11) is 0. The molecule has 172 valence electrons. The van der Waals surface area contributed by atoms with Gasteiger partial charge in [-0.05, 0) is 48.9 Å². The minimum Gasteiger partial charge on any atom is -0.366 e. The van der Waals surface area contributed by atoms with Gasteiger partial charge in [-0.1, -0.05) is 59.6 Å². The van der Waals surface area contributed by atoms with Crippen molar-refractivity contribution in [2.45, 2.75) is 50.5 Å². The molecule has 0 aromatic heterocycles. The van der Waals surface area contributed by atoms with Gasteiger partial charge in [0, 0.05) is 19.6 Å². The van der Waals surface area contributed by atoms with Gasteiger partial charge in [0.15, 0.2) is 6.29 Å². The van der Waals surface area contributed by atoms with Crippen molar-refractivity contribution in [1.82, 2.24) is 4.90 Å². The van der Waals surface area contributed by atoms with E-state index >= 15 is 0 Å². The van der Waals surface area contributed by atoms with E-state index in [-0.39, 0.29) is 12.2 Å².